The Morgan fingerprint density at radius 1 is 1.19 bits per heavy atom. The molecule has 0 amide bonds. The van der Waals surface area contributed by atoms with Crippen LogP contribution in [-0.2, 0) is 4.79 Å². The summed E-state index contributed by atoms with van der Waals surface area (Å²) < 4.78 is 10.6. The van der Waals surface area contributed by atoms with Gasteiger partial charge in [-0.3, -0.25) is 4.79 Å². The van der Waals surface area contributed by atoms with Crippen molar-refractivity contribution < 1.29 is 14.3 Å². The summed E-state index contributed by atoms with van der Waals surface area (Å²) in [5, 5.41) is 0. The number of hydrogen-bond acceptors (Lipinski definition) is 3. The smallest absolute Gasteiger partial charge is 0.314 e. The lowest BCUT2D eigenvalue weighted by atomic mass is 9.69. The van der Waals surface area contributed by atoms with Crippen LogP contribution in [0.4, 0.5) is 0 Å². The topological polar surface area (TPSA) is 35.5 Å². The summed E-state index contributed by atoms with van der Waals surface area (Å²) in [6, 6.07) is 7.17. The number of carbonyl (C=O) groups excluding carboxylic acids is 1. The average molecular weight is 290 g/mol. The van der Waals surface area contributed by atoms with Gasteiger partial charge in [0.25, 0.3) is 0 Å². The normalized spacial score (nSPS) is 25.4. The first-order chi connectivity index (χ1) is 10.1. The Hall–Kier alpha value is -1.51. The molecule has 0 heterocycles. The molecule has 0 aromatic heterocycles. The van der Waals surface area contributed by atoms with Crippen molar-refractivity contribution in [1.29, 1.82) is 0 Å². The minimum absolute atomic E-state index is 0.0528. The third-order valence-electron chi connectivity index (χ3n) is 4.66. The van der Waals surface area contributed by atoms with E-state index in [4.69, 9.17) is 9.47 Å². The third-order valence-corrected chi connectivity index (χ3v) is 4.66. The molecule has 0 N–H and O–H groups in total. The van der Waals surface area contributed by atoms with Crippen molar-refractivity contribution in [2.24, 2.45) is 11.3 Å². The number of methoxy groups -OCH3 is 1. The molecule has 1 fully saturated rings. The highest BCUT2D eigenvalue weighted by Gasteiger charge is 2.34. The molecule has 0 radical (unpaired) electrons. The van der Waals surface area contributed by atoms with Gasteiger partial charge in [0, 0.05) is 0 Å². The SMILES string of the molecule is CCC[C@]1(C)CC[C@H](C(=O)Oc2ccc(OC)cc2)CC1. The summed E-state index contributed by atoms with van der Waals surface area (Å²) in [6.07, 6.45) is 6.63. The minimum atomic E-state index is -0.0845. The van der Waals surface area contributed by atoms with Gasteiger partial charge in [-0.25, -0.2) is 0 Å². The number of esters is 1. The van der Waals surface area contributed by atoms with Crippen LogP contribution in [-0.4, -0.2) is 13.1 Å². The molecule has 116 valence electrons. The van der Waals surface area contributed by atoms with E-state index in [1.807, 2.05) is 12.1 Å². The third kappa shape index (κ3) is 4.23. The molecule has 2 rings (SSSR count). The van der Waals surface area contributed by atoms with Crippen molar-refractivity contribution in [3.8, 4) is 11.5 Å². The van der Waals surface area contributed by atoms with Gasteiger partial charge < -0.3 is 9.47 Å². The van der Waals surface area contributed by atoms with Gasteiger partial charge >= 0.3 is 5.97 Å². The van der Waals surface area contributed by atoms with Gasteiger partial charge in [-0.05, 0) is 61.8 Å². The largest absolute Gasteiger partial charge is 0.497 e. The van der Waals surface area contributed by atoms with Crippen molar-refractivity contribution in [3.05, 3.63) is 24.3 Å². The van der Waals surface area contributed by atoms with E-state index in [1.54, 1.807) is 19.2 Å². The van der Waals surface area contributed by atoms with E-state index < -0.39 is 0 Å². The molecule has 0 bridgehead atoms. The predicted octanol–water partition coefficient (Wildman–Crippen LogP) is 4.60. The quantitative estimate of drug-likeness (QED) is 0.587. The minimum Gasteiger partial charge on any atom is -0.497 e. The molecule has 1 aromatic carbocycles. The highest BCUT2D eigenvalue weighted by Crippen LogP contribution is 2.42. The number of carbonyl (C=O) groups is 1. The van der Waals surface area contributed by atoms with E-state index in [1.165, 1.54) is 12.8 Å². The zero-order valence-electron chi connectivity index (χ0n) is 13.4. The maximum atomic E-state index is 12.2. The molecule has 1 aliphatic rings. The van der Waals surface area contributed by atoms with Crippen LogP contribution in [0.25, 0.3) is 0 Å². The second-order valence-corrected chi connectivity index (χ2v) is 6.43. The van der Waals surface area contributed by atoms with E-state index in [-0.39, 0.29) is 11.9 Å². The maximum Gasteiger partial charge on any atom is 0.314 e. The Kier molecular flexibility index (Phi) is 5.27. The second kappa shape index (κ2) is 6.97. The number of ether oxygens (including phenoxy) is 2. The fourth-order valence-electron chi connectivity index (χ4n) is 3.25. The molecule has 1 saturated carbocycles. The van der Waals surface area contributed by atoms with Crippen LogP contribution in [0.3, 0.4) is 0 Å². The molecule has 0 spiro atoms. The molecule has 21 heavy (non-hydrogen) atoms. The van der Waals surface area contributed by atoms with Gasteiger partial charge in [0.2, 0.25) is 0 Å². The van der Waals surface area contributed by atoms with Crippen LogP contribution in [0.1, 0.15) is 52.4 Å². The van der Waals surface area contributed by atoms with Gasteiger partial charge in [-0.1, -0.05) is 20.3 Å². The highest BCUT2D eigenvalue weighted by molar-refractivity contribution is 5.75. The Labute approximate surface area is 127 Å². The van der Waals surface area contributed by atoms with Crippen LogP contribution in [0.2, 0.25) is 0 Å². The first-order valence-corrected chi connectivity index (χ1v) is 7.92. The van der Waals surface area contributed by atoms with Crippen molar-refractivity contribution >= 4 is 5.97 Å². The molecular formula is C18H26O3. The number of rotatable bonds is 5. The summed E-state index contributed by atoms with van der Waals surface area (Å²) in [5.74, 6) is 1.33. The van der Waals surface area contributed by atoms with E-state index in [2.05, 4.69) is 13.8 Å². The molecule has 0 aliphatic heterocycles. The molecule has 1 aromatic rings. The molecule has 0 unspecified atom stereocenters. The second-order valence-electron chi connectivity index (χ2n) is 6.43. The lowest BCUT2D eigenvalue weighted by Gasteiger charge is -2.36. The molecule has 1 aliphatic carbocycles. The van der Waals surface area contributed by atoms with Gasteiger partial charge in [0.1, 0.15) is 11.5 Å². The van der Waals surface area contributed by atoms with Crippen LogP contribution in [0, 0.1) is 11.3 Å². The summed E-state index contributed by atoms with van der Waals surface area (Å²) in [6.45, 7) is 4.58. The summed E-state index contributed by atoms with van der Waals surface area (Å²) in [5.41, 5.74) is 0.422. The molecule has 0 atom stereocenters. The van der Waals surface area contributed by atoms with Crippen molar-refractivity contribution in [2.75, 3.05) is 7.11 Å². The molecule has 3 nitrogen and oxygen atoms in total. The number of benzene rings is 1. The predicted molar refractivity (Wildman–Crippen MR) is 83.6 cm³/mol. The van der Waals surface area contributed by atoms with Crippen LogP contribution in [0.15, 0.2) is 24.3 Å². The fourth-order valence-corrected chi connectivity index (χ4v) is 3.25. The monoisotopic (exact) mass is 290 g/mol. The van der Waals surface area contributed by atoms with Gasteiger partial charge in [-0.2, -0.15) is 0 Å². The van der Waals surface area contributed by atoms with E-state index in [0.717, 1.165) is 31.4 Å². The molecule has 3 heteroatoms. The lowest BCUT2D eigenvalue weighted by molar-refractivity contribution is -0.140. The van der Waals surface area contributed by atoms with E-state index >= 15 is 0 Å². The average Bonchev–Trinajstić information content (AvgIpc) is 2.48. The summed E-state index contributed by atoms with van der Waals surface area (Å²) in [7, 11) is 1.62. The van der Waals surface area contributed by atoms with Crippen LogP contribution in [0.5, 0.6) is 11.5 Å². The first-order valence-electron chi connectivity index (χ1n) is 7.92. The number of hydrogen-bond donors (Lipinski definition) is 0. The maximum absolute atomic E-state index is 12.2. The van der Waals surface area contributed by atoms with Gasteiger partial charge in [-0.15, -0.1) is 0 Å². The van der Waals surface area contributed by atoms with Crippen LogP contribution >= 0.6 is 0 Å². The Balaban J connectivity index is 1.87. The van der Waals surface area contributed by atoms with E-state index in [9.17, 15) is 4.79 Å². The summed E-state index contributed by atoms with van der Waals surface area (Å²) >= 11 is 0. The van der Waals surface area contributed by atoms with E-state index in [0.29, 0.717) is 11.2 Å². The highest BCUT2D eigenvalue weighted by atomic mass is 16.5. The lowest BCUT2D eigenvalue weighted by Crippen LogP contribution is -2.30. The Morgan fingerprint density at radius 3 is 2.29 bits per heavy atom. The van der Waals surface area contributed by atoms with Crippen molar-refractivity contribution in [3.63, 3.8) is 0 Å². The zero-order valence-corrected chi connectivity index (χ0v) is 13.4. The van der Waals surface area contributed by atoms with Gasteiger partial charge in [0.15, 0.2) is 0 Å². The Bertz CT molecular complexity index is 456. The zero-order chi connectivity index (χ0) is 15.3. The summed E-state index contributed by atoms with van der Waals surface area (Å²) in [4.78, 5) is 12.2. The van der Waals surface area contributed by atoms with Gasteiger partial charge in [0.05, 0.1) is 13.0 Å². The Morgan fingerprint density at radius 2 is 1.76 bits per heavy atom. The molecular weight excluding hydrogens is 264 g/mol. The first kappa shape index (κ1) is 15.9. The molecule has 0 saturated heterocycles. The van der Waals surface area contributed by atoms with Crippen LogP contribution < -0.4 is 9.47 Å². The van der Waals surface area contributed by atoms with Crippen molar-refractivity contribution in [1.82, 2.24) is 0 Å². The standard InChI is InChI=1S/C18H26O3/c1-4-11-18(2)12-9-14(10-13-18)17(19)21-16-7-5-15(20-3)6-8-16/h5-8,14H,4,9-13H2,1-3H3/t14-,18+. The van der Waals surface area contributed by atoms with Crippen molar-refractivity contribution in [2.45, 2.75) is 52.4 Å². The fraction of sp³-hybridized carbons (Fsp3) is 0.611.